The molecule has 9 nitrogen and oxygen atoms in total. The predicted octanol–water partition coefficient (Wildman–Crippen LogP) is 4.63. The number of hydrogen-bond donors (Lipinski definition) is 0. The molecule has 35 heavy (non-hydrogen) atoms. The van der Waals surface area contributed by atoms with Gasteiger partial charge in [-0.2, -0.15) is 5.01 Å². The number of hydrogen-bond acceptors (Lipinski definition) is 6. The van der Waals surface area contributed by atoms with Crippen LogP contribution in [0.15, 0.2) is 65.6 Å². The van der Waals surface area contributed by atoms with Crippen LogP contribution in [0.4, 0.5) is 21.0 Å². The number of fused-ring (bicyclic) bond motifs is 1. The molecule has 2 aromatic carbocycles. The van der Waals surface area contributed by atoms with Crippen molar-refractivity contribution in [3.05, 3.63) is 66.2 Å². The van der Waals surface area contributed by atoms with E-state index in [-0.39, 0.29) is 10.9 Å². The molecule has 0 radical (unpaired) electrons. The highest BCUT2D eigenvalue weighted by Gasteiger charge is 2.48. The standard InChI is InChI=1S/C25H29N3O6S/c1-17-9-15-20(16-10-17)35(31,32)26(5)18-11-13-19(14-12-18)27(24(30)34-25(2,3)4)28-21-7-6-8-22(21)33-23(28)29/h6,8-16,21-22H,7H2,1-5H3/t21-,22+/m0/s1. The third-order valence-electron chi connectivity index (χ3n) is 5.74. The second-order valence-electron chi connectivity index (χ2n) is 9.52. The molecule has 186 valence electrons. The zero-order valence-corrected chi connectivity index (χ0v) is 21.2. The number of carbonyl (C=O) groups is 2. The molecule has 2 amide bonds. The molecule has 1 aliphatic heterocycles. The van der Waals surface area contributed by atoms with Crippen molar-refractivity contribution in [2.45, 2.75) is 56.8 Å². The molecule has 0 N–H and O–H groups in total. The summed E-state index contributed by atoms with van der Waals surface area (Å²) in [4.78, 5) is 26.1. The number of aryl methyl sites for hydroxylation is 1. The summed E-state index contributed by atoms with van der Waals surface area (Å²) in [5, 5.41) is 2.42. The van der Waals surface area contributed by atoms with Gasteiger partial charge in [-0.25, -0.2) is 23.0 Å². The molecular weight excluding hydrogens is 470 g/mol. The lowest BCUT2D eigenvalue weighted by atomic mass is 10.2. The van der Waals surface area contributed by atoms with Crippen molar-refractivity contribution in [3.63, 3.8) is 0 Å². The molecule has 0 aromatic heterocycles. The lowest BCUT2D eigenvalue weighted by Crippen LogP contribution is -2.53. The van der Waals surface area contributed by atoms with Crippen LogP contribution in [-0.2, 0) is 19.5 Å². The average Bonchev–Trinajstić information content (AvgIpc) is 3.34. The quantitative estimate of drug-likeness (QED) is 0.557. The molecule has 2 aromatic rings. The Bertz CT molecular complexity index is 1250. The Morgan fingerprint density at radius 1 is 1.06 bits per heavy atom. The third-order valence-corrected chi connectivity index (χ3v) is 7.54. The summed E-state index contributed by atoms with van der Waals surface area (Å²) in [5.41, 5.74) is 0.893. The van der Waals surface area contributed by atoms with E-state index in [2.05, 4.69) is 0 Å². The number of amides is 2. The molecule has 10 heteroatoms. The van der Waals surface area contributed by atoms with Gasteiger partial charge < -0.3 is 9.47 Å². The summed E-state index contributed by atoms with van der Waals surface area (Å²) < 4.78 is 38.3. The Kier molecular flexibility index (Phi) is 6.27. The van der Waals surface area contributed by atoms with Gasteiger partial charge in [-0.1, -0.05) is 23.8 Å². The number of sulfonamides is 1. The lowest BCUT2D eigenvalue weighted by molar-refractivity contribution is 0.0472. The molecule has 1 fully saturated rings. The van der Waals surface area contributed by atoms with E-state index < -0.39 is 33.9 Å². The minimum absolute atomic E-state index is 0.171. The van der Waals surface area contributed by atoms with Crippen molar-refractivity contribution in [2.24, 2.45) is 0 Å². The van der Waals surface area contributed by atoms with Gasteiger partial charge in [0, 0.05) is 7.05 Å². The summed E-state index contributed by atoms with van der Waals surface area (Å²) in [5.74, 6) is 0. The normalized spacial score (nSPS) is 19.3. The van der Waals surface area contributed by atoms with Crippen LogP contribution in [0.1, 0.15) is 32.8 Å². The number of nitrogens with zero attached hydrogens (tertiary/aromatic N) is 3. The monoisotopic (exact) mass is 499 g/mol. The molecule has 2 atom stereocenters. The second-order valence-corrected chi connectivity index (χ2v) is 11.5. The van der Waals surface area contributed by atoms with Gasteiger partial charge in [0.1, 0.15) is 17.7 Å². The molecule has 2 aliphatic rings. The summed E-state index contributed by atoms with van der Waals surface area (Å²) in [6.45, 7) is 7.09. The van der Waals surface area contributed by atoms with Crippen LogP contribution in [0.5, 0.6) is 0 Å². The molecule has 1 aliphatic carbocycles. The minimum atomic E-state index is -3.78. The van der Waals surface area contributed by atoms with Crippen molar-refractivity contribution >= 4 is 33.6 Å². The molecular formula is C25H29N3O6S. The average molecular weight is 500 g/mol. The Hall–Kier alpha value is -3.53. The Morgan fingerprint density at radius 2 is 1.66 bits per heavy atom. The van der Waals surface area contributed by atoms with E-state index in [0.717, 1.165) is 10.6 Å². The van der Waals surface area contributed by atoms with E-state index in [9.17, 15) is 18.0 Å². The van der Waals surface area contributed by atoms with Gasteiger partial charge in [-0.15, -0.1) is 0 Å². The fourth-order valence-corrected chi connectivity index (χ4v) is 5.14. The first-order valence-corrected chi connectivity index (χ1v) is 12.7. The van der Waals surface area contributed by atoms with Crippen molar-refractivity contribution in [1.82, 2.24) is 5.01 Å². The van der Waals surface area contributed by atoms with Gasteiger partial charge in [0.05, 0.1) is 16.3 Å². The number of hydrazine groups is 1. The van der Waals surface area contributed by atoms with Crippen LogP contribution in [0.3, 0.4) is 0 Å². The number of rotatable bonds is 5. The van der Waals surface area contributed by atoms with Gasteiger partial charge in [0.25, 0.3) is 10.0 Å². The molecule has 1 heterocycles. The maximum absolute atomic E-state index is 13.2. The zero-order valence-electron chi connectivity index (χ0n) is 20.3. The molecule has 0 saturated carbocycles. The number of benzene rings is 2. The molecule has 0 unspecified atom stereocenters. The summed E-state index contributed by atoms with van der Waals surface area (Å²) in [6.07, 6.45) is 2.39. The summed E-state index contributed by atoms with van der Waals surface area (Å²) >= 11 is 0. The van der Waals surface area contributed by atoms with Crippen LogP contribution in [0, 0.1) is 6.92 Å². The minimum Gasteiger partial charge on any atom is -0.442 e. The van der Waals surface area contributed by atoms with E-state index in [1.807, 2.05) is 13.0 Å². The first-order valence-electron chi connectivity index (χ1n) is 11.2. The summed E-state index contributed by atoms with van der Waals surface area (Å²) in [7, 11) is -2.32. The van der Waals surface area contributed by atoms with E-state index in [1.165, 1.54) is 16.4 Å². The Labute approximate surface area is 205 Å². The van der Waals surface area contributed by atoms with Crippen LogP contribution in [0.25, 0.3) is 0 Å². The van der Waals surface area contributed by atoms with Crippen LogP contribution in [-0.4, -0.2) is 50.4 Å². The zero-order chi connectivity index (χ0) is 25.5. The number of carbonyl (C=O) groups excluding carboxylic acids is 2. The van der Waals surface area contributed by atoms with Gasteiger partial charge in [-0.05, 0) is 76.6 Å². The van der Waals surface area contributed by atoms with Gasteiger partial charge in [0.2, 0.25) is 0 Å². The van der Waals surface area contributed by atoms with Gasteiger partial charge >= 0.3 is 12.2 Å². The highest BCUT2D eigenvalue weighted by atomic mass is 32.2. The lowest BCUT2D eigenvalue weighted by Gasteiger charge is -2.34. The van der Waals surface area contributed by atoms with Crippen molar-refractivity contribution in [2.75, 3.05) is 16.4 Å². The van der Waals surface area contributed by atoms with Crippen LogP contribution in [0.2, 0.25) is 0 Å². The van der Waals surface area contributed by atoms with Crippen molar-refractivity contribution in [3.8, 4) is 0 Å². The molecule has 1 saturated heterocycles. The third kappa shape index (κ3) is 4.84. The largest absolute Gasteiger partial charge is 0.442 e. The Morgan fingerprint density at radius 3 is 2.26 bits per heavy atom. The highest BCUT2D eigenvalue weighted by Crippen LogP contribution is 2.34. The predicted molar refractivity (Wildman–Crippen MR) is 132 cm³/mol. The van der Waals surface area contributed by atoms with Gasteiger partial charge in [-0.3, -0.25) is 4.31 Å². The van der Waals surface area contributed by atoms with E-state index >= 15 is 0 Å². The maximum Gasteiger partial charge on any atom is 0.434 e. The smallest absolute Gasteiger partial charge is 0.434 e. The van der Waals surface area contributed by atoms with Crippen molar-refractivity contribution in [1.29, 1.82) is 0 Å². The van der Waals surface area contributed by atoms with E-state index in [0.29, 0.717) is 17.8 Å². The van der Waals surface area contributed by atoms with Crippen LogP contribution < -0.4 is 9.31 Å². The summed E-state index contributed by atoms with van der Waals surface area (Å²) in [6, 6.07) is 12.5. The molecule has 0 bridgehead atoms. The van der Waals surface area contributed by atoms with Gasteiger partial charge in [0.15, 0.2) is 0 Å². The van der Waals surface area contributed by atoms with Crippen molar-refractivity contribution < 1.29 is 27.5 Å². The highest BCUT2D eigenvalue weighted by molar-refractivity contribution is 7.92. The fraction of sp³-hybridized carbons (Fsp3) is 0.360. The topological polar surface area (TPSA) is 96.5 Å². The fourth-order valence-electron chi connectivity index (χ4n) is 3.94. The molecule has 0 spiro atoms. The maximum atomic E-state index is 13.2. The number of ether oxygens (including phenoxy) is 2. The van der Waals surface area contributed by atoms with Crippen LogP contribution >= 0.6 is 0 Å². The number of anilines is 2. The molecule has 4 rings (SSSR count). The SMILES string of the molecule is Cc1ccc(S(=O)(=O)N(C)c2ccc(N(C(=O)OC(C)(C)C)N3C(=O)O[C@@H]4C=CC[C@@H]43)cc2)cc1. The Balaban J connectivity index is 1.65. The van der Waals surface area contributed by atoms with E-state index in [4.69, 9.17) is 9.47 Å². The first-order chi connectivity index (χ1) is 16.4. The van der Waals surface area contributed by atoms with E-state index in [1.54, 1.807) is 75.4 Å². The second kappa shape index (κ2) is 8.92. The first kappa shape index (κ1) is 24.6.